The van der Waals surface area contributed by atoms with Gasteiger partial charge in [0.05, 0.1) is 11.1 Å². The van der Waals surface area contributed by atoms with E-state index in [0.717, 1.165) is 5.56 Å². The lowest BCUT2D eigenvalue weighted by molar-refractivity contribution is -0.129. The van der Waals surface area contributed by atoms with E-state index in [1.54, 1.807) is 48.7 Å². The van der Waals surface area contributed by atoms with E-state index in [2.05, 4.69) is 10.3 Å². The molecular weight excluding hydrogens is 335 g/mol. The number of esters is 1. The Morgan fingerprint density at radius 1 is 1.12 bits per heavy atom. The SMILES string of the molecule is C[C@H](OC(=O)c1cccc2ncccc12)C(=O)NCc1ccc(F)cc1. The molecule has 26 heavy (non-hydrogen) atoms. The maximum absolute atomic E-state index is 12.9. The van der Waals surface area contributed by atoms with E-state index < -0.39 is 18.0 Å². The van der Waals surface area contributed by atoms with E-state index in [4.69, 9.17) is 4.74 Å². The summed E-state index contributed by atoms with van der Waals surface area (Å²) in [6.45, 7) is 1.72. The molecule has 0 unspecified atom stereocenters. The molecule has 0 aliphatic carbocycles. The molecule has 1 amide bonds. The summed E-state index contributed by atoms with van der Waals surface area (Å²) in [5, 5.41) is 3.33. The molecule has 0 bridgehead atoms. The van der Waals surface area contributed by atoms with Crippen LogP contribution in [-0.4, -0.2) is 23.0 Å². The highest BCUT2D eigenvalue weighted by Crippen LogP contribution is 2.18. The second kappa shape index (κ2) is 7.74. The zero-order valence-corrected chi connectivity index (χ0v) is 14.1. The van der Waals surface area contributed by atoms with Crippen molar-refractivity contribution in [2.24, 2.45) is 0 Å². The smallest absolute Gasteiger partial charge is 0.339 e. The van der Waals surface area contributed by atoms with Gasteiger partial charge in [0.1, 0.15) is 5.82 Å². The van der Waals surface area contributed by atoms with Crippen LogP contribution in [0.4, 0.5) is 4.39 Å². The molecule has 3 aromatic rings. The monoisotopic (exact) mass is 352 g/mol. The molecule has 132 valence electrons. The number of aromatic nitrogens is 1. The van der Waals surface area contributed by atoms with E-state index >= 15 is 0 Å². The van der Waals surface area contributed by atoms with Crippen LogP contribution in [0.3, 0.4) is 0 Å². The van der Waals surface area contributed by atoms with Gasteiger partial charge in [-0.3, -0.25) is 9.78 Å². The molecule has 0 radical (unpaired) electrons. The van der Waals surface area contributed by atoms with Gasteiger partial charge in [0.15, 0.2) is 6.10 Å². The van der Waals surface area contributed by atoms with Crippen molar-refractivity contribution in [3.8, 4) is 0 Å². The summed E-state index contributed by atoms with van der Waals surface area (Å²) >= 11 is 0. The number of nitrogens with zero attached hydrogens (tertiary/aromatic N) is 1. The molecule has 5 nitrogen and oxygen atoms in total. The van der Waals surface area contributed by atoms with Crippen LogP contribution >= 0.6 is 0 Å². The third-order valence-corrected chi connectivity index (χ3v) is 3.90. The van der Waals surface area contributed by atoms with Gasteiger partial charge >= 0.3 is 5.97 Å². The van der Waals surface area contributed by atoms with Crippen molar-refractivity contribution in [2.45, 2.75) is 19.6 Å². The predicted octanol–water partition coefficient (Wildman–Crippen LogP) is 3.24. The first-order valence-electron chi connectivity index (χ1n) is 8.11. The minimum atomic E-state index is -0.963. The number of ether oxygens (including phenoxy) is 1. The Morgan fingerprint density at radius 2 is 1.88 bits per heavy atom. The summed E-state index contributed by atoms with van der Waals surface area (Å²) in [6, 6.07) is 14.4. The second-order valence-corrected chi connectivity index (χ2v) is 5.77. The highest BCUT2D eigenvalue weighted by Gasteiger charge is 2.20. The van der Waals surface area contributed by atoms with Crippen molar-refractivity contribution in [1.82, 2.24) is 10.3 Å². The number of nitrogens with one attached hydrogen (secondary N) is 1. The summed E-state index contributed by atoms with van der Waals surface area (Å²) < 4.78 is 18.2. The molecule has 0 aliphatic rings. The van der Waals surface area contributed by atoms with Crippen LogP contribution in [-0.2, 0) is 16.1 Å². The summed E-state index contributed by atoms with van der Waals surface area (Å²) in [5.41, 5.74) is 1.78. The fourth-order valence-corrected chi connectivity index (χ4v) is 2.49. The van der Waals surface area contributed by atoms with Gasteiger partial charge in [0, 0.05) is 18.1 Å². The maximum atomic E-state index is 12.9. The van der Waals surface area contributed by atoms with Crippen LogP contribution in [0.25, 0.3) is 10.9 Å². The van der Waals surface area contributed by atoms with E-state index in [1.807, 2.05) is 0 Å². The van der Waals surface area contributed by atoms with Crippen molar-refractivity contribution >= 4 is 22.8 Å². The fourth-order valence-electron chi connectivity index (χ4n) is 2.49. The first-order chi connectivity index (χ1) is 12.5. The number of amides is 1. The van der Waals surface area contributed by atoms with Crippen LogP contribution in [0.2, 0.25) is 0 Å². The Labute approximate surface area is 149 Å². The van der Waals surface area contributed by atoms with Gasteiger partial charge in [-0.15, -0.1) is 0 Å². The molecule has 0 fully saturated rings. The summed E-state index contributed by atoms with van der Waals surface area (Å²) in [4.78, 5) is 28.7. The first kappa shape index (κ1) is 17.5. The Morgan fingerprint density at radius 3 is 2.65 bits per heavy atom. The fraction of sp³-hybridized carbons (Fsp3) is 0.150. The number of hydrogen-bond acceptors (Lipinski definition) is 4. The second-order valence-electron chi connectivity index (χ2n) is 5.77. The van der Waals surface area contributed by atoms with Crippen molar-refractivity contribution in [3.63, 3.8) is 0 Å². The van der Waals surface area contributed by atoms with Crippen LogP contribution < -0.4 is 5.32 Å². The number of carbonyl (C=O) groups excluding carboxylic acids is 2. The summed E-state index contributed by atoms with van der Waals surface area (Å²) in [7, 11) is 0. The van der Waals surface area contributed by atoms with E-state index in [-0.39, 0.29) is 12.4 Å². The summed E-state index contributed by atoms with van der Waals surface area (Å²) in [6.07, 6.45) is 0.679. The number of halogens is 1. The van der Waals surface area contributed by atoms with Gasteiger partial charge in [-0.2, -0.15) is 0 Å². The average molecular weight is 352 g/mol. The zero-order valence-electron chi connectivity index (χ0n) is 14.1. The lowest BCUT2D eigenvalue weighted by Crippen LogP contribution is -2.35. The lowest BCUT2D eigenvalue weighted by atomic mass is 10.1. The van der Waals surface area contributed by atoms with Crippen LogP contribution in [0.15, 0.2) is 60.8 Å². The third-order valence-electron chi connectivity index (χ3n) is 3.90. The Hall–Kier alpha value is -3.28. The number of rotatable bonds is 5. The minimum absolute atomic E-state index is 0.221. The largest absolute Gasteiger partial charge is 0.449 e. The zero-order chi connectivity index (χ0) is 18.5. The minimum Gasteiger partial charge on any atom is -0.449 e. The topological polar surface area (TPSA) is 68.3 Å². The van der Waals surface area contributed by atoms with Crippen molar-refractivity contribution < 1.29 is 18.7 Å². The standard InChI is InChI=1S/C20H17FN2O3/c1-13(19(24)23-12-14-7-9-15(21)10-8-14)26-20(25)17-4-2-6-18-16(17)5-3-11-22-18/h2-11,13H,12H2,1H3,(H,23,24)/t13-/m0/s1. The van der Waals surface area contributed by atoms with Crippen molar-refractivity contribution in [1.29, 1.82) is 0 Å². The lowest BCUT2D eigenvalue weighted by Gasteiger charge is -2.14. The normalized spacial score (nSPS) is 11.8. The molecule has 1 atom stereocenters. The number of fused-ring (bicyclic) bond motifs is 1. The first-order valence-corrected chi connectivity index (χ1v) is 8.11. The molecule has 0 saturated heterocycles. The van der Waals surface area contributed by atoms with Crippen LogP contribution in [0, 0.1) is 5.82 Å². The van der Waals surface area contributed by atoms with E-state index in [9.17, 15) is 14.0 Å². The van der Waals surface area contributed by atoms with Gasteiger partial charge < -0.3 is 10.1 Å². The molecule has 3 rings (SSSR count). The van der Waals surface area contributed by atoms with Crippen molar-refractivity contribution in [2.75, 3.05) is 0 Å². The average Bonchev–Trinajstić information content (AvgIpc) is 2.66. The number of benzene rings is 2. The van der Waals surface area contributed by atoms with Gasteiger partial charge in [-0.05, 0) is 42.8 Å². The highest BCUT2D eigenvalue weighted by atomic mass is 19.1. The van der Waals surface area contributed by atoms with Gasteiger partial charge in [-0.25, -0.2) is 9.18 Å². The number of hydrogen-bond donors (Lipinski definition) is 1. The molecule has 0 spiro atoms. The van der Waals surface area contributed by atoms with Gasteiger partial charge in [0.25, 0.3) is 5.91 Å². The molecule has 1 aromatic heterocycles. The summed E-state index contributed by atoms with van der Waals surface area (Å²) in [5.74, 6) is -1.36. The molecule has 1 N–H and O–H groups in total. The molecule has 6 heteroatoms. The van der Waals surface area contributed by atoms with Crippen LogP contribution in [0.5, 0.6) is 0 Å². The molecule has 0 saturated carbocycles. The number of carbonyl (C=O) groups is 2. The van der Waals surface area contributed by atoms with E-state index in [1.165, 1.54) is 19.1 Å². The quantitative estimate of drug-likeness (QED) is 0.716. The highest BCUT2D eigenvalue weighted by molar-refractivity contribution is 6.04. The Balaban J connectivity index is 1.63. The van der Waals surface area contributed by atoms with Crippen molar-refractivity contribution in [3.05, 3.63) is 77.7 Å². The molecule has 1 heterocycles. The Kier molecular flexibility index (Phi) is 5.22. The molecule has 2 aromatic carbocycles. The molecule has 0 aliphatic heterocycles. The Bertz CT molecular complexity index is 936. The van der Waals surface area contributed by atoms with Gasteiger partial charge in [-0.1, -0.05) is 24.3 Å². The third kappa shape index (κ3) is 4.03. The van der Waals surface area contributed by atoms with Gasteiger partial charge in [0.2, 0.25) is 0 Å². The molecular formula is C20H17FN2O3. The van der Waals surface area contributed by atoms with Crippen LogP contribution in [0.1, 0.15) is 22.8 Å². The number of pyridine rings is 1. The van der Waals surface area contributed by atoms with E-state index in [0.29, 0.717) is 16.5 Å². The predicted molar refractivity (Wildman–Crippen MR) is 94.9 cm³/mol. The maximum Gasteiger partial charge on any atom is 0.339 e.